The summed E-state index contributed by atoms with van der Waals surface area (Å²) < 4.78 is 10.6. The van der Waals surface area contributed by atoms with Gasteiger partial charge in [-0.25, -0.2) is 0 Å². The maximum Gasteiger partial charge on any atom is 0.257 e. The number of rotatable bonds is 10. The van der Waals surface area contributed by atoms with Crippen molar-refractivity contribution >= 4 is 39.9 Å². The van der Waals surface area contributed by atoms with E-state index in [-0.39, 0.29) is 24.8 Å². The van der Waals surface area contributed by atoms with Crippen LogP contribution in [0.3, 0.4) is 0 Å². The van der Waals surface area contributed by atoms with Gasteiger partial charge in [0.1, 0.15) is 16.5 Å². The first-order chi connectivity index (χ1) is 15.9. The normalized spacial score (nSPS) is 10.5. The molecule has 0 fully saturated rings. The number of amides is 2. The van der Waals surface area contributed by atoms with Gasteiger partial charge in [-0.15, -0.1) is 10.2 Å². The molecule has 1 aromatic heterocycles. The van der Waals surface area contributed by atoms with Crippen LogP contribution in [0.2, 0.25) is 5.02 Å². The monoisotopic (exact) mass is 488 g/mol. The van der Waals surface area contributed by atoms with Crippen molar-refractivity contribution in [1.82, 2.24) is 15.1 Å². The van der Waals surface area contributed by atoms with E-state index in [1.54, 1.807) is 42.3 Å². The molecule has 33 heavy (non-hydrogen) atoms. The molecule has 0 radical (unpaired) electrons. The molecule has 0 bridgehead atoms. The summed E-state index contributed by atoms with van der Waals surface area (Å²) in [7, 11) is 3.05. The number of ether oxygens (including phenoxy) is 2. The molecule has 1 N–H and O–H groups in total. The van der Waals surface area contributed by atoms with Crippen molar-refractivity contribution in [2.24, 2.45) is 0 Å². The standard InChI is InChI=1S/C23H25ClN4O4S/c1-4-12-28(22(30)18-10-9-17(31-2)14-19(18)32-3)13-11-20(29)25-23-27-26-21(33-23)15-5-7-16(24)8-6-15/h5-10,14H,4,11-13H2,1-3H3,(H,25,27,29). The summed E-state index contributed by atoms with van der Waals surface area (Å²) in [5.41, 5.74) is 1.29. The van der Waals surface area contributed by atoms with Gasteiger partial charge in [0, 0.05) is 36.2 Å². The molecule has 3 aromatic rings. The largest absolute Gasteiger partial charge is 0.497 e. The van der Waals surface area contributed by atoms with Crippen molar-refractivity contribution in [3.63, 3.8) is 0 Å². The zero-order valence-corrected chi connectivity index (χ0v) is 20.2. The molecule has 0 spiro atoms. The second kappa shape index (κ2) is 11.6. The highest BCUT2D eigenvalue weighted by molar-refractivity contribution is 7.18. The summed E-state index contributed by atoms with van der Waals surface area (Å²) in [6.07, 6.45) is 0.882. The van der Waals surface area contributed by atoms with E-state index in [1.807, 2.05) is 19.1 Å². The van der Waals surface area contributed by atoms with Crippen LogP contribution < -0.4 is 14.8 Å². The Morgan fingerprint density at radius 3 is 2.48 bits per heavy atom. The minimum Gasteiger partial charge on any atom is -0.497 e. The molecule has 0 unspecified atom stereocenters. The Hall–Kier alpha value is -3.17. The lowest BCUT2D eigenvalue weighted by molar-refractivity contribution is -0.116. The van der Waals surface area contributed by atoms with Crippen LogP contribution in [0.25, 0.3) is 10.6 Å². The lowest BCUT2D eigenvalue weighted by Gasteiger charge is -2.23. The first kappa shape index (κ1) is 24.5. The van der Waals surface area contributed by atoms with Crippen molar-refractivity contribution in [1.29, 1.82) is 0 Å². The van der Waals surface area contributed by atoms with E-state index in [1.165, 1.54) is 18.4 Å². The SMILES string of the molecule is CCCN(CCC(=O)Nc1nnc(-c2ccc(Cl)cc2)s1)C(=O)c1ccc(OC)cc1OC. The van der Waals surface area contributed by atoms with Crippen LogP contribution in [0.15, 0.2) is 42.5 Å². The van der Waals surface area contributed by atoms with Crippen molar-refractivity contribution in [2.45, 2.75) is 19.8 Å². The Morgan fingerprint density at radius 2 is 1.82 bits per heavy atom. The number of hydrogen-bond acceptors (Lipinski definition) is 7. The van der Waals surface area contributed by atoms with Crippen molar-refractivity contribution in [2.75, 3.05) is 32.6 Å². The molecule has 174 valence electrons. The molecule has 0 aliphatic rings. The molecule has 2 aromatic carbocycles. The van der Waals surface area contributed by atoms with Gasteiger partial charge >= 0.3 is 0 Å². The summed E-state index contributed by atoms with van der Waals surface area (Å²) in [6.45, 7) is 2.75. The highest BCUT2D eigenvalue weighted by Crippen LogP contribution is 2.28. The lowest BCUT2D eigenvalue weighted by atomic mass is 10.1. The van der Waals surface area contributed by atoms with Gasteiger partial charge in [0.15, 0.2) is 0 Å². The van der Waals surface area contributed by atoms with Crippen molar-refractivity contribution in [3.05, 3.63) is 53.1 Å². The molecule has 8 nitrogen and oxygen atoms in total. The van der Waals surface area contributed by atoms with E-state index < -0.39 is 0 Å². The second-order valence-electron chi connectivity index (χ2n) is 7.08. The number of methoxy groups -OCH3 is 2. The van der Waals surface area contributed by atoms with Gasteiger partial charge < -0.3 is 19.7 Å². The fourth-order valence-corrected chi connectivity index (χ4v) is 4.02. The van der Waals surface area contributed by atoms with Crippen LogP contribution in [0.4, 0.5) is 5.13 Å². The molecule has 2 amide bonds. The van der Waals surface area contributed by atoms with Crippen LogP contribution in [-0.2, 0) is 4.79 Å². The molecule has 3 rings (SSSR count). The van der Waals surface area contributed by atoms with Crippen LogP contribution in [-0.4, -0.2) is 54.2 Å². The van der Waals surface area contributed by atoms with Gasteiger partial charge in [0.25, 0.3) is 5.91 Å². The van der Waals surface area contributed by atoms with Crippen LogP contribution >= 0.6 is 22.9 Å². The van der Waals surface area contributed by atoms with E-state index in [0.29, 0.717) is 38.8 Å². The third kappa shape index (κ3) is 6.43. The van der Waals surface area contributed by atoms with E-state index in [4.69, 9.17) is 21.1 Å². The summed E-state index contributed by atoms with van der Waals surface area (Å²) in [6, 6.07) is 12.3. The number of nitrogens with one attached hydrogen (secondary N) is 1. The zero-order chi connectivity index (χ0) is 23.8. The van der Waals surface area contributed by atoms with Crippen molar-refractivity contribution < 1.29 is 19.1 Å². The quantitative estimate of drug-likeness (QED) is 0.442. The number of carbonyl (C=O) groups is 2. The molecule has 10 heteroatoms. The Morgan fingerprint density at radius 1 is 1.06 bits per heavy atom. The number of anilines is 1. The Balaban J connectivity index is 1.62. The average Bonchev–Trinajstić information content (AvgIpc) is 3.29. The smallest absolute Gasteiger partial charge is 0.257 e. The van der Waals surface area contributed by atoms with Gasteiger partial charge in [-0.2, -0.15) is 0 Å². The predicted octanol–water partition coefficient (Wildman–Crippen LogP) is 4.76. The second-order valence-corrected chi connectivity index (χ2v) is 8.49. The molecular weight excluding hydrogens is 464 g/mol. The van der Waals surface area contributed by atoms with E-state index in [0.717, 1.165) is 12.0 Å². The fraction of sp³-hybridized carbons (Fsp3) is 0.304. The first-order valence-corrected chi connectivity index (χ1v) is 11.5. The molecule has 0 saturated heterocycles. The summed E-state index contributed by atoms with van der Waals surface area (Å²) in [4.78, 5) is 27.3. The first-order valence-electron chi connectivity index (χ1n) is 10.4. The Bertz CT molecular complexity index is 1100. The van der Waals surface area contributed by atoms with Crippen molar-refractivity contribution in [3.8, 4) is 22.1 Å². The minimum absolute atomic E-state index is 0.125. The molecule has 0 atom stereocenters. The maximum absolute atomic E-state index is 13.1. The fourth-order valence-electron chi connectivity index (χ4n) is 3.13. The van der Waals surface area contributed by atoms with Gasteiger partial charge in [-0.3, -0.25) is 9.59 Å². The average molecular weight is 489 g/mol. The number of hydrogen-bond donors (Lipinski definition) is 1. The van der Waals surface area contributed by atoms with Crippen LogP contribution in [0.1, 0.15) is 30.1 Å². The van der Waals surface area contributed by atoms with E-state index in [2.05, 4.69) is 15.5 Å². The highest BCUT2D eigenvalue weighted by Gasteiger charge is 2.21. The maximum atomic E-state index is 13.1. The number of nitrogens with zero attached hydrogens (tertiary/aromatic N) is 3. The zero-order valence-electron chi connectivity index (χ0n) is 18.6. The number of carbonyl (C=O) groups excluding carboxylic acids is 2. The predicted molar refractivity (Wildman–Crippen MR) is 129 cm³/mol. The van der Waals surface area contributed by atoms with E-state index >= 15 is 0 Å². The molecule has 0 aliphatic carbocycles. The third-order valence-electron chi connectivity index (χ3n) is 4.79. The Kier molecular flexibility index (Phi) is 8.62. The summed E-state index contributed by atoms with van der Waals surface area (Å²) in [5, 5.41) is 12.6. The van der Waals surface area contributed by atoms with E-state index in [9.17, 15) is 9.59 Å². The molecular formula is C23H25ClN4O4S. The topological polar surface area (TPSA) is 93.7 Å². The molecule has 0 saturated carbocycles. The van der Waals surface area contributed by atoms with Gasteiger partial charge in [0.2, 0.25) is 11.0 Å². The number of halogens is 1. The number of aromatic nitrogens is 2. The molecule has 1 heterocycles. The van der Waals surface area contributed by atoms with Gasteiger partial charge in [-0.1, -0.05) is 42.0 Å². The highest BCUT2D eigenvalue weighted by atomic mass is 35.5. The van der Waals surface area contributed by atoms with Crippen LogP contribution in [0, 0.1) is 0 Å². The number of benzene rings is 2. The minimum atomic E-state index is -0.246. The lowest BCUT2D eigenvalue weighted by Crippen LogP contribution is -2.34. The molecule has 0 aliphatic heterocycles. The van der Waals surface area contributed by atoms with Gasteiger partial charge in [0.05, 0.1) is 19.8 Å². The summed E-state index contributed by atoms with van der Waals surface area (Å²) >= 11 is 7.19. The summed E-state index contributed by atoms with van der Waals surface area (Å²) in [5.74, 6) is 0.572. The van der Waals surface area contributed by atoms with Gasteiger partial charge in [-0.05, 0) is 30.7 Å². The third-order valence-corrected chi connectivity index (χ3v) is 5.93. The Labute approximate surface area is 201 Å². The van der Waals surface area contributed by atoms with Crippen LogP contribution in [0.5, 0.6) is 11.5 Å².